The number of carbonyl (C=O) groups is 3. The van der Waals surface area contributed by atoms with Crippen molar-refractivity contribution in [3.05, 3.63) is 94.5 Å². The summed E-state index contributed by atoms with van der Waals surface area (Å²) in [4.78, 5) is 49.6. The molecule has 178 valence electrons. The number of benzene rings is 3. The van der Waals surface area contributed by atoms with E-state index in [0.29, 0.717) is 32.9 Å². The normalized spacial score (nSPS) is 14.1. The van der Waals surface area contributed by atoms with Crippen molar-refractivity contribution in [2.45, 2.75) is 0 Å². The number of imide groups is 2. The lowest BCUT2D eigenvalue weighted by Crippen LogP contribution is -2.32. The van der Waals surface area contributed by atoms with Gasteiger partial charge in [-0.1, -0.05) is 18.2 Å². The second-order valence-corrected chi connectivity index (χ2v) is 7.65. The van der Waals surface area contributed by atoms with Crippen molar-refractivity contribution in [3.8, 4) is 16.9 Å². The van der Waals surface area contributed by atoms with Crippen LogP contribution in [-0.2, 0) is 9.59 Å². The number of nitro benzene ring substituents is 1. The van der Waals surface area contributed by atoms with Crippen LogP contribution in [0.25, 0.3) is 22.1 Å². The molecule has 0 spiro atoms. The number of nitro groups is 1. The van der Waals surface area contributed by atoms with E-state index in [4.69, 9.17) is 9.15 Å². The van der Waals surface area contributed by atoms with Gasteiger partial charge in [-0.25, -0.2) is 9.69 Å². The third-order valence-electron chi connectivity index (χ3n) is 5.50. The zero-order chi connectivity index (χ0) is 25.4. The molecule has 4 aromatic rings. The Bertz CT molecular complexity index is 1610. The van der Waals surface area contributed by atoms with Crippen LogP contribution >= 0.6 is 0 Å². The van der Waals surface area contributed by atoms with Gasteiger partial charge >= 0.3 is 17.8 Å². The molecule has 0 aliphatic carbocycles. The summed E-state index contributed by atoms with van der Waals surface area (Å²) in [5.41, 5.74) is 1.12. The summed E-state index contributed by atoms with van der Waals surface area (Å²) in [5.74, 6) is -1.65. The molecule has 1 aromatic heterocycles. The molecule has 5 rings (SSSR count). The minimum atomic E-state index is -1.15. The number of carbonyl (C=O) groups excluding carboxylic acids is 3. The number of amides is 4. The first-order valence-electron chi connectivity index (χ1n) is 10.6. The molecule has 0 saturated carbocycles. The van der Waals surface area contributed by atoms with Crippen molar-refractivity contribution >= 4 is 40.2 Å². The number of methoxy groups -OCH3 is 1. The highest BCUT2D eigenvalue weighted by molar-refractivity contribution is 6.52. The summed E-state index contributed by atoms with van der Waals surface area (Å²) in [6.45, 7) is 0. The van der Waals surface area contributed by atoms with Crippen molar-refractivity contribution in [1.82, 2.24) is 5.01 Å². The number of urea groups is 1. The lowest BCUT2D eigenvalue weighted by molar-refractivity contribution is -0.384. The van der Waals surface area contributed by atoms with E-state index in [1.807, 2.05) is 0 Å². The Balaban J connectivity index is 1.68. The zero-order valence-corrected chi connectivity index (χ0v) is 18.7. The van der Waals surface area contributed by atoms with Crippen molar-refractivity contribution in [2.75, 3.05) is 12.0 Å². The fourth-order valence-corrected chi connectivity index (χ4v) is 3.72. The highest BCUT2D eigenvalue weighted by Gasteiger charge is 2.46. The molecule has 1 aliphatic rings. The van der Waals surface area contributed by atoms with E-state index in [1.165, 1.54) is 43.5 Å². The summed E-state index contributed by atoms with van der Waals surface area (Å²) in [7, 11) is 1.51. The van der Waals surface area contributed by atoms with Gasteiger partial charge in [0.1, 0.15) is 11.3 Å². The topological polar surface area (TPSA) is 136 Å². The van der Waals surface area contributed by atoms with Crippen LogP contribution in [0.1, 0.15) is 0 Å². The Kier molecular flexibility index (Phi) is 5.49. The van der Waals surface area contributed by atoms with E-state index in [2.05, 4.69) is 5.10 Å². The number of ether oxygens (including phenoxy) is 1. The van der Waals surface area contributed by atoms with Crippen LogP contribution in [0.5, 0.6) is 5.75 Å². The van der Waals surface area contributed by atoms with E-state index >= 15 is 0 Å². The Morgan fingerprint density at radius 2 is 1.64 bits per heavy atom. The van der Waals surface area contributed by atoms with Gasteiger partial charge in [0, 0.05) is 23.1 Å². The third kappa shape index (κ3) is 3.84. The molecule has 0 atom stereocenters. The van der Waals surface area contributed by atoms with Crippen molar-refractivity contribution < 1.29 is 28.5 Å². The Hall–Kier alpha value is -5.32. The molecule has 3 aromatic carbocycles. The Morgan fingerprint density at radius 1 is 0.917 bits per heavy atom. The van der Waals surface area contributed by atoms with Gasteiger partial charge in [-0.3, -0.25) is 19.7 Å². The van der Waals surface area contributed by atoms with Crippen LogP contribution in [-0.4, -0.2) is 34.9 Å². The number of fused-ring (bicyclic) bond motifs is 1. The molecular weight excluding hydrogens is 468 g/mol. The molecule has 0 radical (unpaired) electrons. The molecule has 4 amide bonds. The second-order valence-electron chi connectivity index (χ2n) is 7.65. The number of anilines is 1. The maximum atomic E-state index is 13.0. The van der Waals surface area contributed by atoms with Crippen LogP contribution in [0.2, 0.25) is 0 Å². The number of hydrogen-bond acceptors (Lipinski definition) is 8. The molecule has 0 N–H and O–H groups in total. The largest absolute Gasteiger partial charge is 0.497 e. The van der Waals surface area contributed by atoms with Crippen LogP contribution < -0.4 is 15.2 Å². The first-order chi connectivity index (χ1) is 17.4. The van der Waals surface area contributed by atoms with Crippen LogP contribution in [0.4, 0.5) is 16.2 Å². The van der Waals surface area contributed by atoms with Crippen LogP contribution in [0, 0.1) is 10.1 Å². The molecule has 36 heavy (non-hydrogen) atoms. The van der Waals surface area contributed by atoms with E-state index in [-0.39, 0.29) is 16.9 Å². The highest BCUT2D eigenvalue weighted by atomic mass is 16.6. The predicted molar refractivity (Wildman–Crippen MR) is 127 cm³/mol. The Labute approximate surface area is 202 Å². The lowest BCUT2D eigenvalue weighted by Gasteiger charge is -2.12. The van der Waals surface area contributed by atoms with Gasteiger partial charge in [-0.05, 0) is 54.1 Å². The van der Waals surface area contributed by atoms with E-state index in [9.17, 15) is 24.5 Å². The fraction of sp³-hybridized carbons (Fsp3) is 0.0400. The summed E-state index contributed by atoms with van der Waals surface area (Å²) >= 11 is 0. The fourth-order valence-electron chi connectivity index (χ4n) is 3.72. The number of rotatable bonds is 5. The first-order valence-corrected chi connectivity index (χ1v) is 10.6. The first kappa shape index (κ1) is 22.5. The van der Waals surface area contributed by atoms with Gasteiger partial charge in [0.2, 0.25) is 5.55 Å². The van der Waals surface area contributed by atoms with Gasteiger partial charge in [0.15, 0.2) is 0 Å². The number of non-ortho nitro benzene ring substituents is 1. The molecule has 1 saturated heterocycles. The molecule has 0 bridgehead atoms. The van der Waals surface area contributed by atoms with Crippen molar-refractivity contribution in [1.29, 1.82) is 0 Å². The highest BCUT2D eigenvalue weighted by Crippen LogP contribution is 2.27. The van der Waals surface area contributed by atoms with Gasteiger partial charge in [-0.15, -0.1) is 10.1 Å². The summed E-state index contributed by atoms with van der Waals surface area (Å²) in [5, 5.41) is 16.2. The average molecular weight is 484 g/mol. The van der Waals surface area contributed by atoms with Gasteiger partial charge < -0.3 is 9.15 Å². The number of nitrogens with zero attached hydrogens (tertiary/aromatic N) is 4. The smallest absolute Gasteiger partial charge is 0.360 e. The molecule has 11 heteroatoms. The molecule has 11 nitrogen and oxygen atoms in total. The average Bonchev–Trinajstić information content (AvgIpc) is 3.11. The summed E-state index contributed by atoms with van der Waals surface area (Å²) in [6.07, 6.45) is 0. The number of hydrogen-bond donors (Lipinski definition) is 0. The summed E-state index contributed by atoms with van der Waals surface area (Å²) < 4.78 is 11.2. The van der Waals surface area contributed by atoms with Crippen molar-refractivity contribution in [3.63, 3.8) is 0 Å². The van der Waals surface area contributed by atoms with E-state index in [0.717, 1.165) is 4.90 Å². The van der Waals surface area contributed by atoms with Gasteiger partial charge in [0.05, 0.1) is 17.7 Å². The minimum absolute atomic E-state index is 0.120. The summed E-state index contributed by atoms with van der Waals surface area (Å²) in [6, 6.07) is 19.3. The van der Waals surface area contributed by atoms with E-state index in [1.54, 1.807) is 42.5 Å². The Morgan fingerprint density at radius 3 is 2.31 bits per heavy atom. The van der Waals surface area contributed by atoms with Gasteiger partial charge in [0.25, 0.3) is 5.69 Å². The van der Waals surface area contributed by atoms with Crippen molar-refractivity contribution in [2.24, 2.45) is 5.10 Å². The lowest BCUT2D eigenvalue weighted by atomic mass is 10.1. The third-order valence-corrected chi connectivity index (χ3v) is 5.50. The van der Waals surface area contributed by atoms with Gasteiger partial charge in [-0.2, -0.15) is 0 Å². The van der Waals surface area contributed by atoms with Crippen LogP contribution in [0.3, 0.4) is 0 Å². The number of para-hydroxylation sites is 1. The monoisotopic (exact) mass is 484 g/mol. The SMILES string of the molecule is COc1ccc2o/c(=N/N3C(=O)C(=O)N(c4ccccc4)C3=O)c(-c3ccc([N+](=O)[O-])cc3)cc2c1. The van der Waals surface area contributed by atoms with Crippen LogP contribution in [0.15, 0.2) is 88.4 Å². The molecule has 0 unspecified atom stereocenters. The maximum Gasteiger partial charge on any atom is 0.360 e. The van der Waals surface area contributed by atoms with E-state index < -0.39 is 22.8 Å². The minimum Gasteiger partial charge on any atom is -0.497 e. The maximum absolute atomic E-state index is 13.0. The molecule has 2 heterocycles. The zero-order valence-electron chi connectivity index (χ0n) is 18.7. The molecule has 1 fully saturated rings. The predicted octanol–water partition coefficient (Wildman–Crippen LogP) is 3.83. The standard InChI is InChI=1S/C25H16N4O7/c1-35-19-11-12-21-16(13-19)14-20(15-7-9-18(10-8-15)29(33)34)22(36-21)26-28-24(31)23(30)27(25(28)32)17-5-3-2-4-6-17/h2-14H,1H3/b26-22+. The molecular formula is C25H16N4O7. The second kappa shape index (κ2) is 8.80. The quantitative estimate of drug-likeness (QED) is 0.182. The molecule has 1 aliphatic heterocycles.